The number of amides is 1. The number of hydrogen-bond donors (Lipinski definition) is 1. The molecule has 1 amide bonds. The number of fused-ring (bicyclic) bond motifs is 3. The molecule has 6 heteroatoms. The van der Waals surface area contributed by atoms with Gasteiger partial charge in [-0.1, -0.05) is 18.2 Å². The van der Waals surface area contributed by atoms with Gasteiger partial charge >= 0.3 is 0 Å². The van der Waals surface area contributed by atoms with E-state index in [0.29, 0.717) is 6.54 Å². The van der Waals surface area contributed by atoms with E-state index in [4.69, 9.17) is 9.47 Å². The summed E-state index contributed by atoms with van der Waals surface area (Å²) >= 11 is 3.36. The van der Waals surface area contributed by atoms with Gasteiger partial charge in [0, 0.05) is 35.3 Å². The van der Waals surface area contributed by atoms with Crippen molar-refractivity contribution < 1.29 is 14.3 Å². The number of thiophene rings is 1. The predicted octanol–water partition coefficient (Wildman–Crippen LogP) is 3.37. The third kappa shape index (κ3) is 3.05. The van der Waals surface area contributed by atoms with Crippen molar-refractivity contribution in [2.24, 2.45) is 0 Å². The van der Waals surface area contributed by atoms with E-state index in [0.717, 1.165) is 10.6 Å². The van der Waals surface area contributed by atoms with Gasteiger partial charge in [-0.25, -0.2) is 0 Å². The molecular formula is C16H17NO3S2. The van der Waals surface area contributed by atoms with Crippen LogP contribution in [0.2, 0.25) is 0 Å². The van der Waals surface area contributed by atoms with Crippen LogP contribution in [0.5, 0.6) is 0 Å². The molecule has 1 aromatic carbocycles. The monoisotopic (exact) mass is 335 g/mol. The number of ether oxygens (including phenoxy) is 2. The normalized spacial score (nSPS) is 12.9. The second-order valence-corrected chi connectivity index (χ2v) is 6.93. The first-order valence-electron chi connectivity index (χ1n) is 6.91. The van der Waals surface area contributed by atoms with Crippen LogP contribution in [0.15, 0.2) is 35.2 Å². The fraction of sp³-hybridized carbons (Fsp3) is 0.312. The highest BCUT2D eigenvalue weighted by atomic mass is 32.2. The van der Waals surface area contributed by atoms with Gasteiger partial charge in [0.2, 0.25) is 0 Å². The number of hydrogen-bond acceptors (Lipinski definition) is 5. The molecule has 1 aliphatic heterocycles. The van der Waals surface area contributed by atoms with Crippen molar-refractivity contribution in [3.05, 3.63) is 40.8 Å². The lowest BCUT2D eigenvalue weighted by atomic mass is 10.1. The van der Waals surface area contributed by atoms with Gasteiger partial charge in [0.15, 0.2) is 6.29 Å². The summed E-state index contributed by atoms with van der Waals surface area (Å²) in [5.41, 5.74) is 2.46. The summed E-state index contributed by atoms with van der Waals surface area (Å²) in [6, 6.07) is 10.3. The summed E-state index contributed by atoms with van der Waals surface area (Å²) in [5, 5.41) is 2.85. The second-order valence-electron chi connectivity index (χ2n) is 4.86. The fourth-order valence-corrected chi connectivity index (χ4v) is 4.67. The van der Waals surface area contributed by atoms with Crippen LogP contribution in [0.4, 0.5) is 0 Å². The Balaban J connectivity index is 1.78. The Hall–Kier alpha value is -1.34. The van der Waals surface area contributed by atoms with Crippen LogP contribution in [0.25, 0.3) is 10.4 Å². The minimum absolute atomic E-state index is 0.0824. The third-order valence-corrected chi connectivity index (χ3v) is 5.83. The third-order valence-electron chi connectivity index (χ3n) is 3.50. The molecule has 116 valence electrons. The predicted molar refractivity (Wildman–Crippen MR) is 89.5 cm³/mol. The van der Waals surface area contributed by atoms with Gasteiger partial charge in [-0.15, -0.1) is 23.1 Å². The molecule has 0 aliphatic carbocycles. The summed E-state index contributed by atoms with van der Waals surface area (Å²) in [6.07, 6.45) is -0.421. The van der Waals surface area contributed by atoms with Gasteiger partial charge in [-0.2, -0.15) is 0 Å². The number of methoxy groups -OCH3 is 2. The molecule has 1 aliphatic rings. The van der Waals surface area contributed by atoms with Crippen LogP contribution in [0.3, 0.4) is 0 Å². The molecule has 0 unspecified atom stereocenters. The fourth-order valence-electron chi connectivity index (χ4n) is 2.34. The first-order valence-corrected chi connectivity index (χ1v) is 8.72. The minimum Gasteiger partial charge on any atom is -0.354 e. The van der Waals surface area contributed by atoms with Crippen molar-refractivity contribution in [2.75, 3.05) is 20.8 Å². The van der Waals surface area contributed by atoms with E-state index >= 15 is 0 Å². The van der Waals surface area contributed by atoms with E-state index in [1.54, 1.807) is 25.6 Å². The van der Waals surface area contributed by atoms with E-state index in [9.17, 15) is 4.79 Å². The van der Waals surface area contributed by atoms with Crippen molar-refractivity contribution in [1.82, 2.24) is 5.32 Å². The molecule has 0 bridgehead atoms. The first-order chi connectivity index (χ1) is 10.7. The van der Waals surface area contributed by atoms with Crippen LogP contribution >= 0.6 is 23.1 Å². The molecule has 0 fully saturated rings. The Bertz CT molecular complexity index is 680. The lowest BCUT2D eigenvalue weighted by molar-refractivity contribution is -0.0974. The number of nitrogens with one attached hydrogen (secondary N) is 1. The second kappa shape index (κ2) is 6.83. The topological polar surface area (TPSA) is 47.6 Å². The maximum Gasteiger partial charge on any atom is 0.261 e. The zero-order valence-electron chi connectivity index (χ0n) is 12.4. The average molecular weight is 335 g/mol. The number of rotatable bonds is 5. The summed E-state index contributed by atoms with van der Waals surface area (Å²) in [7, 11) is 3.11. The molecule has 0 saturated heterocycles. The van der Waals surface area contributed by atoms with Crippen LogP contribution < -0.4 is 5.32 Å². The van der Waals surface area contributed by atoms with Gasteiger partial charge in [-0.3, -0.25) is 4.79 Å². The molecule has 0 saturated carbocycles. The van der Waals surface area contributed by atoms with Crippen molar-refractivity contribution in [3.63, 3.8) is 0 Å². The van der Waals surface area contributed by atoms with Crippen LogP contribution in [-0.2, 0) is 15.2 Å². The summed E-state index contributed by atoms with van der Waals surface area (Å²) in [5.74, 6) is 0.829. The highest BCUT2D eigenvalue weighted by molar-refractivity contribution is 7.98. The zero-order chi connectivity index (χ0) is 15.5. The molecule has 4 nitrogen and oxygen atoms in total. The highest BCUT2D eigenvalue weighted by Crippen LogP contribution is 2.45. The number of carbonyl (C=O) groups excluding carboxylic acids is 1. The number of thioether (sulfide) groups is 1. The quantitative estimate of drug-likeness (QED) is 0.851. The summed E-state index contributed by atoms with van der Waals surface area (Å²) in [4.78, 5) is 15.5. The molecule has 0 spiro atoms. The molecule has 3 rings (SSSR count). The van der Waals surface area contributed by atoms with Gasteiger partial charge < -0.3 is 14.8 Å². The largest absolute Gasteiger partial charge is 0.354 e. The molecular weight excluding hydrogens is 318 g/mol. The first kappa shape index (κ1) is 15.6. The molecule has 1 N–H and O–H groups in total. The van der Waals surface area contributed by atoms with Crippen molar-refractivity contribution >= 4 is 29.0 Å². The minimum atomic E-state index is -0.421. The Morgan fingerprint density at radius 1 is 1.32 bits per heavy atom. The maximum absolute atomic E-state index is 12.3. The Labute approximate surface area is 137 Å². The van der Waals surface area contributed by atoms with Crippen molar-refractivity contribution in [1.29, 1.82) is 0 Å². The van der Waals surface area contributed by atoms with Gasteiger partial charge in [0.25, 0.3) is 5.91 Å². The van der Waals surface area contributed by atoms with E-state index in [2.05, 4.69) is 17.4 Å². The lowest BCUT2D eigenvalue weighted by Crippen LogP contribution is -2.33. The zero-order valence-corrected chi connectivity index (χ0v) is 14.1. The Kier molecular flexibility index (Phi) is 4.83. The standard InChI is InChI=1S/C16H17NO3S2/c1-19-14(20-2)8-17-16(18)13-7-10-9-21-12-6-4-3-5-11(12)15(10)22-13/h3-7,14H,8-9H2,1-2H3,(H,17,18). The molecule has 1 aromatic heterocycles. The Morgan fingerprint density at radius 2 is 2.09 bits per heavy atom. The molecule has 22 heavy (non-hydrogen) atoms. The van der Waals surface area contributed by atoms with E-state index in [1.807, 2.05) is 30.0 Å². The van der Waals surface area contributed by atoms with Crippen molar-refractivity contribution in [3.8, 4) is 10.4 Å². The van der Waals surface area contributed by atoms with Gasteiger partial charge in [0.1, 0.15) is 0 Å². The van der Waals surface area contributed by atoms with Crippen molar-refractivity contribution in [2.45, 2.75) is 16.9 Å². The molecule has 2 aromatic rings. The summed E-state index contributed by atoms with van der Waals surface area (Å²) in [6.45, 7) is 0.333. The molecule has 0 atom stereocenters. The van der Waals surface area contributed by atoms with Gasteiger partial charge in [0.05, 0.1) is 11.4 Å². The van der Waals surface area contributed by atoms with E-state index in [1.165, 1.54) is 20.9 Å². The molecule has 0 radical (unpaired) electrons. The smallest absolute Gasteiger partial charge is 0.261 e. The van der Waals surface area contributed by atoms with E-state index in [-0.39, 0.29) is 5.91 Å². The van der Waals surface area contributed by atoms with Crippen LogP contribution in [0, 0.1) is 0 Å². The Morgan fingerprint density at radius 3 is 2.86 bits per heavy atom. The number of carbonyl (C=O) groups is 1. The van der Waals surface area contributed by atoms with Crippen LogP contribution in [-0.4, -0.2) is 33.0 Å². The average Bonchev–Trinajstić information content (AvgIpc) is 3.00. The summed E-state index contributed by atoms with van der Waals surface area (Å²) < 4.78 is 10.2. The van der Waals surface area contributed by atoms with Gasteiger partial charge in [-0.05, 0) is 17.7 Å². The SMILES string of the molecule is COC(CNC(=O)c1cc2c(s1)-c1ccccc1SC2)OC. The molecule has 2 heterocycles. The van der Waals surface area contributed by atoms with Crippen LogP contribution in [0.1, 0.15) is 15.2 Å². The maximum atomic E-state index is 12.3. The lowest BCUT2D eigenvalue weighted by Gasteiger charge is -2.14. The highest BCUT2D eigenvalue weighted by Gasteiger charge is 2.22. The van der Waals surface area contributed by atoms with E-state index < -0.39 is 6.29 Å². The number of benzene rings is 1.